The molecule has 0 aromatic heterocycles. The Balaban J connectivity index is 3.25. The first-order valence-corrected chi connectivity index (χ1v) is 4.96. The zero-order chi connectivity index (χ0) is 11.3. The molecule has 0 saturated carbocycles. The fourth-order valence-corrected chi connectivity index (χ4v) is 1.59. The van der Waals surface area contributed by atoms with E-state index in [1.807, 2.05) is 6.07 Å². The van der Waals surface area contributed by atoms with E-state index in [0.29, 0.717) is 11.3 Å². The summed E-state index contributed by atoms with van der Waals surface area (Å²) in [7, 11) is 3.18. The summed E-state index contributed by atoms with van der Waals surface area (Å²) in [6.45, 7) is 2.08. The lowest BCUT2D eigenvalue weighted by Gasteiger charge is -2.12. The lowest BCUT2D eigenvalue weighted by Crippen LogP contribution is -1.98. The van der Waals surface area contributed by atoms with Crippen LogP contribution < -0.4 is 9.47 Å². The number of ether oxygens (including phenoxy) is 2. The van der Waals surface area contributed by atoms with Crippen LogP contribution in [0.25, 0.3) is 0 Å². The largest absolute Gasteiger partial charge is 0.493 e. The van der Waals surface area contributed by atoms with Gasteiger partial charge in [-0.2, -0.15) is 0 Å². The third-order valence-electron chi connectivity index (χ3n) is 2.23. The van der Waals surface area contributed by atoms with E-state index in [-0.39, 0.29) is 0 Å². The van der Waals surface area contributed by atoms with Crippen LogP contribution in [-0.4, -0.2) is 20.5 Å². The molecule has 15 heavy (non-hydrogen) atoms. The summed E-state index contributed by atoms with van der Waals surface area (Å²) in [5.74, 6) is 1.34. The first-order valence-electron chi connectivity index (χ1n) is 4.96. The quantitative estimate of drug-likeness (QED) is 0.697. The molecular formula is C12H16O3. The number of hydrogen-bond acceptors (Lipinski definition) is 3. The fourth-order valence-electron chi connectivity index (χ4n) is 1.59. The van der Waals surface area contributed by atoms with E-state index in [9.17, 15) is 4.79 Å². The fraction of sp³-hybridized carbons (Fsp3) is 0.417. The van der Waals surface area contributed by atoms with Crippen molar-refractivity contribution in [2.24, 2.45) is 0 Å². The molecule has 1 aromatic carbocycles. The molecule has 3 heteroatoms. The SMILES string of the molecule is CCCc1cc(C=O)cc(OC)c1OC. The van der Waals surface area contributed by atoms with Crippen molar-refractivity contribution in [3.8, 4) is 11.5 Å². The lowest BCUT2D eigenvalue weighted by molar-refractivity contribution is 0.112. The molecule has 0 aliphatic heterocycles. The van der Waals surface area contributed by atoms with Crippen molar-refractivity contribution in [3.63, 3.8) is 0 Å². The Kier molecular flexibility index (Phi) is 4.16. The van der Waals surface area contributed by atoms with Crippen LogP contribution in [0.2, 0.25) is 0 Å². The van der Waals surface area contributed by atoms with E-state index in [0.717, 1.165) is 30.4 Å². The highest BCUT2D eigenvalue weighted by molar-refractivity contribution is 5.77. The topological polar surface area (TPSA) is 35.5 Å². The van der Waals surface area contributed by atoms with Gasteiger partial charge in [-0.05, 0) is 24.1 Å². The molecule has 0 heterocycles. The zero-order valence-electron chi connectivity index (χ0n) is 9.37. The number of carbonyl (C=O) groups excluding carboxylic acids is 1. The van der Waals surface area contributed by atoms with E-state index in [1.165, 1.54) is 0 Å². The summed E-state index contributed by atoms with van der Waals surface area (Å²) < 4.78 is 10.5. The van der Waals surface area contributed by atoms with Crippen molar-refractivity contribution in [2.45, 2.75) is 19.8 Å². The number of carbonyl (C=O) groups is 1. The molecule has 0 atom stereocenters. The molecule has 0 N–H and O–H groups in total. The van der Waals surface area contributed by atoms with Gasteiger partial charge in [0.1, 0.15) is 6.29 Å². The molecule has 3 nitrogen and oxygen atoms in total. The Morgan fingerprint density at radius 1 is 1.27 bits per heavy atom. The molecule has 0 radical (unpaired) electrons. The predicted molar refractivity (Wildman–Crippen MR) is 58.9 cm³/mol. The highest BCUT2D eigenvalue weighted by Crippen LogP contribution is 2.32. The Morgan fingerprint density at radius 2 is 2.00 bits per heavy atom. The number of methoxy groups -OCH3 is 2. The molecule has 0 unspecified atom stereocenters. The maximum absolute atomic E-state index is 10.7. The minimum Gasteiger partial charge on any atom is -0.493 e. The van der Waals surface area contributed by atoms with E-state index in [1.54, 1.807) is 20.3 Å². The second-order valence-electron chi connectivity index (χ2n) is 3.28. The van der Waals surface area contributed by atoms with Gasteiger partial charge in [-0.1, -0.05) is 13.3 Å². The summed E-state index contributed by atoms with van der Waals surface area (Å²) in [5.41, 5.74) is 1.64. The minimum absolute atomic E-state index is 0.616. The van der Waals surface area contributed by atoms with Crippen LogP contribution in [-0.2, 0) is 6.42 Å². The van der Waals surface area contributed by atoms with Crippen molar-refractivity contribution in [3.05, 3.63) is 23.3 Å². The Labute approximate surface area is 90.0 Å². The van der Waals surface area contributed by atoms with Gasteiger partial charge < -0.3 is 9.47 Å². The molecule has 0 aliphatic carbocycles. The van der Waals surface area contributed by atoms with Crippen molar-refractivity contribution >= 4 is 6.29 Å². The second kappa shape index (κ2) is 5.39. The first kappa shape index (κ1) is 11.6. The van der Waals surface area contributed by atoms with Crippen LogP contribution in [0.4, 0.5) is 0 Å². The van der Waals surface area contributed by atoms with E-state index in [4.69, 9.17) is 9.47 Å². The second-order valence-corrected chi connectivity index (χ2v) is 3.28. The van der Waals surface area contributed by atoms with Crippen LogP contribution in [0.5, 0.6) is 11.5 Å². The molecular weight excluding hydrogens is 192 g/mol. The Bertz CT molecular complexity index is 345. The van der Waals surface area contributed by atoms with E-state index in [2.05, 4.69) is 6.92 Å². The molecule has 0 saturated heterocycles. The van der Waals surface area contributed by atoms with Gasteiger partial charge in [0.15, 0.2) is 11.5 Å². The van der Waals surface area contributed by atoms with Crippen molar-refractivity contribution in [1.29, 1.82) is 0 Å². The van der Waals surface area contributed by atoms with Crippen LogP contribution in [0.15, 0.2) is 12.1 Å². The van der Waals surface area contributed by atoms with Gasteiger partial charge in [-0.15, -0.1) is 0 Å². The van der Waals surface area contributed by atoms with Gasteiger partial charge in [0, 0.05) is 5.56 Å². The normalized spacial score (nSPS) is 9.80. The van der Waals surface area contributed by atoms with Crippen LogP contribution in [0.1, 0.15) is 29.3 Å². The van der Waals surface area contributed by atoms with Crippen molar-refractivity contribution in [1.82, 2.24) is 0 Å². The highest BCUT2D eigenvalue weighted by Gasteiger charge is 2.11. The molecule has 1 aromatic rings. The molecule has 1 rings (SSSR count). The third kappa shape index (κ3) is 2.49. The molecule has 0 bridgehead atoms. The van der Waals surface area contributed by atoms with E-state index >= 15 is 0 Å². The van der Waals surface area contributed by atoms with Gasteiger partial charge in [0.2, 0.25) is 0 Å². The Hall–Kier alpha value is -1.51. The minimum atomic E-state index is 0.616. The molecule has 82 valence electrons. The standard InChI is InChI=1S/C12H16O3/c1-4-5-10-6-9(8-13)7-11(14-2)12(10)15-3/h6-8H,4-5H2,1-3H3. The molecule has 0 fully saturated rings. The lowest BCUT2D eigenvalue weighted by atomic mass is 10.1. The summed E-state index contributed by atoms with van der Waals surface area (Å²) in [6.07, 6.45) is 2.70. The number of hydrogen-bond donors (Lipinski definition) is 0. The highest BCUT2D eigenvalue weighted by atomic mass is 16.5. The summed E-state index contributed by atoms with van der Waals surface area (Å²) in [4.78, 5) is 10.7. The summed E-state index contributed by atoms with van der Waals surface area (Å²) >= 11 is 0. The first-order chi connectivity index (χ1) is 7.26. The number of aryl methyl sites for hydroxylation is 1. The molecule has 0 aliphatic rings. The maximum atomic E-state index is 10.7. The smallest absolute Gasteiger partial charge is 0.163 e. The van der Waals surface area contributed by atoms with Crippen LogP contribution >= 0.6 is 0 Å². The van der Waals surface area contributed by atoms with Gasteiger partial charge in [0.05, 0.1) is 14.2 Å². The average molecular weight is 208 g/mol. The summed E-state index contributed by atoms with van der Waals surface area (Å²) in [6, 6.07) is 3.53. The maximum Gasteiger partial charge on any atom is 0.163 e. The van der Waals surface area contributed by atoms with Gasteiger partial charge >= 0.3 is 0 Å². The zero-order valence-corrected chi connectivity index (χ0v) is 9.37. The Morgan fingerprint density at radius 3 is 2.47 bits per heavy atom. The van der Waals surface area contributed by atoms with E-state index < -0.39 is 0 Å². The van der Waals surface area contributed by atoms with Crippen LogP contribution in [0, 0.1) is 0 Å². The summed E-state index contributed by atoms with van der Waals surface area (Å²) in [5, 5.41) is 0. The van der Waals surface area contributed by atoms with Gasteiger partial charge in [-0.3, -0.25) is 4.79 Å². The van der Waals surface area contributed by atoms with Crippen LogP contribution in [0.3, 0.4) is 0 Å². The molecule has 0 spiro atoms. The molecule has 0 amide bonds. The van der Waals surface area contributed by atoms with Crippen molar-refractivity contribution < 1.29 is 14.3 Å². The third-order valence-corrected chi connectivity index (χ3v) is 2.23. The number of rotatable bonds is 5. The van der Waals surface area contributed by atoms with Gasteiger partial charge in [0.25, 0.3) is 0 Å². The van der Waals surface area contributed by atoms with Gasteiger partial charge in [-0.25, -0.2) is 0 Å². The monoisotopic (exact) mass is 208 g/mol. The number of aldehydes is 1. The predicted octanol–water partition coefficient (Wildman–Crippen LogP) is 2.47. The average Bonchev–Trinajstić information content (AvgIpc) is 2.28. The van der Waals surface area contributed by atoms with Crippen molar-refractivity contribution in [2.75, 3.05) is 14.2 Å². The number of benzene rings is 1.